The second kappa shape index (κ2) is 5.33. The van der Waals surface area contributed by atoms with Crippen LogP contribution in [0.3, 0.4) is 0 Å². The predicted octanol–water partition coefficient (Wildman–Crippen LogP) is 0.815. The highest BCUT2D eigenvalue weighted by atomic mass is 16.6. The Balaban J connectivity index is 2.16. The van der Waals surface area contributed by atoms with Crippen LogP contribution in [-0.2, 0) is 9.53 Å². The number of non-ortho nitro benzene ring substituents is 1. The Kier molecular flexibility index (Phi) is 3.77. The molecule has 1 amide bonds. The van der Waals surface area contributed by atoms with Gasteiger partial charge in [-0.15, -0.1) is 0 Å². The van der Waals surface area contributed by atoms with Crippen molar-refractivity contribution in [2.75, 3.05) is 18.5 Å². The van der Waals surface area contributed by atoms with E-state index in [0.29, 0.717) is 12.3 Å². The van der Waals surface area contributed by atoms with Crippen LogP contribution in [0.25, 0.3) is 0 Å². The van der Waals surface area contributed by atoms with Crippen LogP contribution in [0.2, 0.25) is 0 Å². The van der Waals surface area contributed by atoms with Gasteiger partial charge in [0.2, 0.25) is 5.91 Å². The quantitative estimate of drug-likeness (QED) is 0.621. The molecule has 1 fully saturated rings. The maximum atomic E-state index is 12.0. The number of nitrogens with two attached hydrogens (primary N) is 1. The molecular formula is C12H15N3O4. The Morgan fingerprint density at radius 1 is 1.53 bits per heavy atom. The number of ether oxygens (including phenoxy) is 1. The first-order valence-electron chi connectivity index (χ1n) is 5.88. The Morgan fingerprint density at radius 2 is 2.26 bits per heavy atom. The number of benzene rings is 1. The molecule has 0 aromatic heterocycles. The number of rotatable bonds is 3. The molecule has 0 spiro atoms. The summed E-state index contributed by atoms with van der Waals surface area (Å²) in [5.74, 6) is -0.688. The largest absolute Gasteiger partial charge is 0.379 e. The first kappa shape index (κ1) is 13.4. The van der Waals surface area contributed by atoms with E-state index in [2.05, 4.69) is 5.32 Å². The number of nitro groups is 1. The number of anilines is 1. The highest BCUT2D eigenvalue weighted by Crippen LogP contribution is 2.23. The summed E-state index contributed by atoms with van der Waals surface area (Å²) in [6.07, 6.45) is 0. The number of carbonyl (C=O) groups excluding carboxylic acids is 1. The summed E-state index contributed by atoms with van der Waals surface area (Å²) in [5.41, 5.74) is 6.88. The van der Waals surface area contributed by atoms with Crippen LogP contribution in [0.4, 0.5) is 11.4 Å². The second-order valence-corrected chi connectivity index (χ2v) is 4.55. The standard InChI is InChI=1S/C12H15N3O4/c1-7-2-3-8(15(17)18)4-11(7)14-12(16)9-5-19-6-10(9)13/h2-4,9-10H,5-6,13H2,1H3,(H,14,16). The van der Waals surface area contributed by atoms with Gasteiger partial charge in [-0.05, 0) is 12.5 Å². The van der Waals surface area contributed by atoms with E-state index in [-0.39, 0.29) is 24.2 Å². The molecule has 2 unspecified atom stereocenters. The highest BCUT2D eigenvalue weighted by molar-refractivity contribution is 5.94. The van der Waals surface area contributed by atoms with E-state index in [1.54, 1.807) is 13.0 Å². The lowest BCUT2D eigenvalue weighted by Gasteiger charge is -2.14. The minimum Gasteiger partial charge on any atom is -0.379 e. The normalized spacial score (nSPS) is 22.2. The Labute approximate surface area is 109 Å². The Hall–Kier alpha value is -1.99. The highest BCUT2D eigenvalue weighted by Gasteiger charge is 2.31. The van der Waals surface area contributed by atoms with E-state index in [0.717, 1.165) is 5.56 Å². The lowest BCUT2D eigenvalue weighted by molar-refractivity contribution is -0.384. The van der Waals surface area contributed by atoms with E-state index in [9.17, 15) is 14.9 Å². The molecule has 1 saturated heterocycles. The summed E-state index contributed by atoms with van der Waals surface area (Å²) in [5, 5.41) is 13.4. The number of hydrogen-bond donors (Lipinski definition) is 2. The zero-order valence-electron chi connectivity index (χ0n) is 10.5. The summed E-state index contributed by atoms with van der Waals surface area (Å²) < 4.78 is 5.13. The number of aryl methyl sites for hydroxylation is 1. The fourth-order valence-corrected chi connectivity index (χ4v) is 1.92. The molecule has 0 radical (unpaired) electrons. The monoisotopic (exact) mass is 265 g/mol. The minimum atomic E-state index is -0.500. The number of carbonyl (C=O) groups is 1. The van der Waals surface area contributed by atoms with Crippen molar-refractivity contribution in [2.24, 2.45) is 11.7 Å². The smallest absolute Gasteiger partial charge is 0.271 e. The zero-order chi connectivity index (χ0) is 14.0. The van der Waals surface area contributed by atoms with E-state index in [1.165, 1.54) is 12.1 Å². The van der Waals surface area contributed by atoms with Gasteiger partial charge in [0, 0.05) is 18.2 Å². The number of amides is 1. The number of nitro benzene ring substituents is 1. The van der Waals surface area contributed by atoms with Crippen LogP contribution in [0.15, 0.2) is 18.2 Å². The van der Waals surface area contributed by atoms with Gasteiger partial charge < -0.3 is 15.8 Å². The molecule has 1 aliphatic rings. The average Bonchev–Trinajstić information content (AvgIpc) is 2.78. The lowest BCUT2D eigenvalue weighted by atomic mass is 10.0. The molecule has 102 valence electrons. The van der Waals surface area contributed by atoms with E-state index in [1.807, 2.05) is 0 Å². The fourth-order valence-electron chi connectivity index (χ4n) is 1.92. The summed E-state index contributed by atoms with van der Waals surface area (Å²) in [6, 6.07) is 4.00. The third-order valence-corrected chi connectivity index (χ3v) is 3.15. The molecule has 7 nitrogen and oxygen atoms in total. The van der Waals surface area contributed by atoms with Gasteiger partial charge in [-0.2, -0.15) is 0 Å². The number of nitrogens with one attached hydrogen (secondary N) is 1. The topological polar surface area (TPSA) is 107 Å². The number of hydrogen-bond acceptors (Lipinski definition) is 5. The fraction of sp³-hybridized carbons (Fsp3) is 0.417. The lowest BCUT2D eigenvalue weighted by Crippen LogP contribution is -2.37. The molecular weight excluding hydrogens is 250 g/mol. The predicted molar refractivity (Wildman–Crippen MR) is 68.7 cm³/mol. The minimum absolute atomic E-state index is 0.0622. The Morgan fingerprint density at radius 3 is 2.84 bits per heavy atom. The summed E-state index contributed by atoms with van der Waals surface area (Å²) in [7, 11) is 0. The molecule has 1 aromatic rings. The average molecular weight is 265 g/mol. The van der Waals surface area contributed by atoms with Crippen molar-refractivity contribution in [2.45, 2.75) is 13.0 Å². The molecule has 1 aliphatic heterocycles. The molecule has 0 aliphatic carbocycles. The van der Waals surface area contributed by atoms with Gasteiger partial charge >= 0.3 is 0 Å². The molecule has 1 aromatic carbocycles. The molecule has 7 heteroatoms. The van der Waals surface area contributed by atoms with Crippen LogP contribution in [-0.4, -0.2) is 30.1 Å². The zero-order valence-corrected chi connectivity index (χ0v) is 10.5. The van der Waals surface area contributed by atoms with Gasteiger partial charge in [0.25, 0.3) is 5.69 Å². The Bertz CT molecular complexity index is 518. The van der Waals surface area contributed by atoms with Crippen LogP contribution in [0, 0.1) is 23.0 Å². The van der Waals surface area contributed by atoms with Crippen molar-refractivity contribution in [1.29, 1.82) is 0 Å². The molecule has 0 saturated carbocycles. The maximum absolute atomic E-state index is 12.0. The molecule has 1 heterocycles. The summed E-state index contributed by atoms with van der Waals surface area (Å²) in [4.78, 5) is 22.2. The van der Waals surface area contributed by atoms with E-state index in [4.69, 9.17) is 10.5 Å². The van der Waals surface area contributed by atoms with Gasteiger partial charge in [-0.3, -0.25) is 14.9 Å². The molecule has 0 bridgehead atoms. The van der Waals surface area contributed by atoms with Crippen molar-refractivity contribution in [3.05, 3.63) is 33.9 Å². The summed E-state index contributed by atoms with van der Waals surface area (Å²) >= 11 is 0. The molecule has 19 heavy (non-hydrogen) atoms. The van der Waals surface area contributed by atoms with Crippen LogP contribution >= 0.6 is 0 Å². The number of nitrogens with zero attached hydrogens (tertiary/aromatic N) is 1. The second-order valence-electron chi connectivity index (χ2n) is 4.55. The van der Waals surface area contributed by atoms with Crippen LogP contribution in [0.5, 0.6) is 0 Å². The van der Waals surface area contributed by atoms with Gasteiger partial charge in [-0.1, -0.05) is 6.07 Å². The van der Waals surface area contributed by atoms with Crippen LogP contribution in [0.1, 0.15) is 5.56 Å². The maximum Gasteiger partial charge on any atom is 0.271 e. The molecule has 3 N–H and O–H groups in total. The van der Waals surface area contributed by atoms with E-state index < -0.39 is 10.8 Å². The van der Waals surface area contributed by atoms with Gasteiger partial charge in [-0.25, -0.2) is 0 Å². The van der Waals surface area contributed by atoms with Gasteiger partial charge in [0.05, 0.1) is 29.7 Å². The van der Waals surface area contributed by atoms with Crippen molar-refractivity contribution in [3.63, 3.8) is 0 Å². The van der Waals surface area contributed by atoms with Gasteiger partial charge in [0.1, 0.15) is 0 Å². The van der Waals surface area contributed by atoms with Crippen molar-refractivity contribution < 1.29 is 14.5 Å². The van der Waals surface area contributed by atoms with Crippen molar-refractivity contribution in [3.8, 4) is 0 Å². The molecule has 2 atom stereocenters. The third-order valence-electron chi connectivity index (χ3n) is 3.15. The molecule has 2 rings (SSSR count). The van der Waals surface area contributed by atoms with Crippen molar-refractivity contribution >= 4 is 17.3 Å². The summed E-state index contributed by atoms with van der Waals surface area (Å²) in [6.45, 7) is 2.40. The van der Waals surface area contributed by atoms with E-state index >= 15 is 0 Å². The van der Waals surface area contributed by atoms with Crippen LogP contribution < -0.4 is 11.1 Å². The SMILES string of the molecule is Cc1ccc([N+](=O)[O-])cc1NC(=O)C1COCC1N. The van der Waals surface area contributed by atoms with Crippen molar-refractivity contribution in [1.82, 2.24) is 0 Å². The van der Waals surface area contributed by atoms with Gasteiger partial charge in [0.15, 0.2) is 0 Å². The first-order chi connectivity index (χ1) is 8.99. The third kappa shape index (κ3) is 2.88. The first-order valence-corrected chi connectivity index (χ1v) is 5.88.